The summed E-state index contributed by atoms with van der Waals surface area (Å²) in [6.45, 7) is 1.45. The second-order valence-electron chi connectivity index (χ2n) is 5.02. The van der Waals surface area contributed by atoms with Crippen molar-refractivity contribution in [1.82, 2.24) is 0 Å². The van der Waals surface area contributed by atoms with Crippen LogP contribution in [0.4, 0.5) is 0 Å². The van der Waals surface area contributed by atoms with E-state index in [1.54, 1.807) is 0 Å². The van der Waals surface area contributed by atoms with Gasteiger partial charge in [-0.25, -0.2) is 0 Å². The molecule has 0 spiro atoms. The van der Waals surface area contributed by atoms with Crippen molar-refractivity contribution < 1.29 is 14.3 Å². The lowest BCUT2D eigenvalue weighted by atomic mass is 9.91. The van der Waals surface area contributed by atoms with E-state index in [1.807, 2.05) is 0 Å². The van der Waals surface area contributed by atoms with Gasteiger partial charge in [-0.1, -0.05) is 11.6 Å². The van der Waals surface area contributed by atoms with Crippen molar-refractivity contribution in [1.29, 1.82) is 0 Å². The summed E-state index contributed by atoms with van der Waals surface area (Å²) < 4.78 is 11.6. The molecule has 0 bridgehead atoms. The van der Waals surface area contributed by atoms with Crippen LogP contribution < -0.4 is 9.47 Å². The van der Waals surface area contributed by atoms with E-state index in [4.69, 9.17) is 21.1 Å². The molecule has 0 saturated heterocycles. The van der Waals surface area contributed by atoms with Crippen LogP contribution in [0.2, 0.25) is 5.02 Å². The molecule has 1 aromatic carbocycles. The zero-order valence-electron chi connectivity index (χ0n) is 10.8. The van der Waals surface area contributed by atoms with Crippen molar-refractivity contribution >= 4 is 17.9 Å². The van der Waals surface area contributed by atoms with E-state index in [-0.39, 0.29) is 0 Å². The molecule has 19 heavy (non-hydrogen) atoms. The SMILES string of the molecule is O=CCCc1c2c(c(Cl)c3c1OCCC3)OCCC2. The lowest BCUT2D eigenvalue weighted by Gasteiger charge is -2.29. The number of hydrogen-bond donors (Lipinski definition) is 0. The largest absolute Gasteiger partial charge is 0.493 e. The minimum Gasteiger partial charge on any atom is -0.493 e. The predicted molar refractivity (Wildman–Crippen MR) is 73.5 cm³/mol. The summed E-state index contributed by atoms with van der Waals surface area (Å²) in [5.74, 6) is 1.75. The van der Waals surface area contributed by atoms with E-state index in [1.165, 1.54) is 0 Å². The van der Waals surface area contributed by atoms with Gasteiger partial charge in [0.25, 0.3) is 0 Å². The molecule has 102 valence electrons. The van der Waals surface area contributed by atoms with Crippen LogP contribution in [-0.2, 0) is 24.1 Å². The highest BCUT2D eigenvalue weighted by Crippen LogP contribution is 2.46. The number of aldehydes is 1. The molecular formula is C15H17ClO3. The number of fused-ring (bicyclic) bond motifs is 2. The number of carbonyl (C=O) groups is 1. The Balaban J connectivity index is 2.15. The van der Waals surface area contributed by atoms with Crippen LogP contribution in [-0.4, -0.2) is 19.5 Å². The van der Waals surface area contributed by atoms with Gasteiger partial charge in [0, 0.05) is 23.1 Å². The maximum atomic E-state index is 10.7. The van der Waals surface area contributed by atoms with E-state index in [0.29, 0.717) is 12.8 Å². The average molecular weight is 281 g/mol. The highest BCUT2D eigenvalue weighted by atomic mass is 35.5. The topological polar surface area (TPSA) is 35.5 Å². The van der Waals surface area contributed by atoms with Crippen molar-refractivity contribution in [2.24, 2.45) is 0 Å². The van der Waals surface area contributed by atoms with E-state index < -0.39 is 0 Å². The maximum absolute atomic E-state index is 10.7. The number of ether oxygens (including phenoxy) is 2. The summed E-state index contributed by atoms with van der Waals surface area (Å²) >= 11 is 6.48. The van der Waals surface area contributed by atoms with Crippen molar-refractivity contribution in [3.63, 3.8) is 0 Å². The predicted octanol–water partition coefficient (Wildman–Crippen LogP) is 3.12. The Kier molecular flexibility index (Phi) is 3.65. The Bertz CT molecular complexity index is 474. The maximum Gasteiger partial charge on any atom is 0.141 e. The van der Waals surface area contributed by atoms with Crippen molar-refractivity contribution in [2.75, 3.05) is 13.2 Å². The summed E-state index contributed by atoms with van der Waals surface area (Å²) in [6, 6.07) is 0. The fourth-order valence-corrected chi connectivity index (χ4v) is 3.30. The van der Waals surface area contributed by atoms with Gasteiger partial charge in [0.1, 0.15) is 17.8 Å². The Hall–Kier alpha value is -1.22. The van der Waals surface area contributed by atoms with Gasteiger partial charge in [0.15, 0.2) is 0 Å². The summed E-state index contributed by atoms with van der Waals surface area (Å²) in [7, 11) is 0. The Labute approximate surface area is 117 Å². The molecule has 0 N–H and O–H groups in total. The number of carbonyl (C=O) groups excluding carboxylic acids is 1. The van der Waals surface area contributed by atoms with E-state index in [2.05, 4.69) is 0 Å². The van der Waals surface area contributed by atoms with Gasteiger partial charge < -0.3 is 14.3 Å². The van der Waals surface area contributed by atoms with Crippen molar-refractivity contribution in [2.45, 2.75) is 38.5 Å². The monoisotopic (exact) mass is 280 g/mol. The van der Waals surface area contributed by atoms with Gasteiger partial charge in [0.05, 0.1) is 18.2 Å². The molecule has 1 aromatic rings. The third-order valence-corrected chi connectivity index (χ3v) is 4.20. The minimum absolute atomic E-state index is 0.518. The van der Waals surface area contributed by atoms with E-state index in [0.717, 1.165) is 78.4 Å². The summed E-state index contributed by atoms with van der Waals surface area (Å²) in [6.07, 6.45) is 6.06. The zero-order valence-corrected chi connectivity index (χ0v) is 11.6. The van der Waals surface area contributed by atoms with Gasteiger partial charge in [-0.15, -0.1) is 0 Å². The van der Waals surface area contributed by atoms with Crippen LogP contribution in [0.5, 0.6) is 11.5 Å². The Morgan fingerprint density at radius 3 is 2.47 bits per heavy atom. The Morgan fingerprint density at radius 2 is 1.74 bits per heavy atom. The van der Waals surface area contributed by atoms with Crippen molar-refractivity contribution in [3.05, 3.63) is 21.7 Å². The molecule has 0 saturated carbocycles. The highest BCUT2D eigenvalue weighted by molar-refractivity contribution is 6.33. The van der Waals surface area contributed by atoms with E-state index >= 15 is 0 Å². The van der Waals surface area contributed by atoms with Crippen LogP contribution in [0.1, 0.15) is 36.0 Å². The first kappa shape index (κ1) is 12.8. The molecular weight excluding hydrogens is 264 g/mol. The van der Waals surface area contributed by atoms with E-state index in [9.17, 15) is 4.79 Å². The fraction of sp³-hybridized carbons (Fsp3) is 0.533. The highest BCUT2D eigenvalue weighted by Gasteiger charge is 2.28. The van der Waals surface area contributed by atoms with Crippen molar-refractivity contribution in [3.8, 4) is 11.5 Å². The molecule has 0 aliphatic carbocycles. The standard InChI is InChI=1S/C15H17ClO3/c16-13-12-6-3-8-18-14(12)10(4-1-7-17)11-5-2-9-19-15(11)13/h7H,1-6,8-9H2. The zero-order chi connectivity index (χ0) is 13.2. The Morgan fingerprint density at radius 1 is 1.05 bits per heavy atom. The third kappa shape index (κ3) is 2.20. The molecule has 4 heteroatoms. The van der Waals surface area contributed by atoms with Crippen LogP contribution in [0, 0.1) is 0 Å². The average Bonchev–Trinajstić information content (AvgIpc) is 2.47. The lowest BCUT2D eigenvalue weighted by molar-refractivity contribution is -0.107. The molecule has 3 rings (SSSR count). The molecule has 0 amide bonds. The molecule has 2 heterocycles. The first-order chi connectivity index (χ1) is 9.33. The van der Waals surface area contributed by atoms with Crippen LogP contribution in [0.15, 0.2) is 0 Å². The number of hydrogen-bond acceptors (Lipinski definition) is 3. The first-order valence-electron chi connectivity index (χ1n) is 6.88. The molecule has 0 unspecified atom stereocenters. The number of benzene rings is 1. The molecule has 2 aliphatic rings. The van der Waals surface area contributed by atoms with Crippen LogP contribution in [0.3, 0.4) is 0 Å². The molecule has 0 aromatic heterocycles. The second kappa shape index (κ2) is 5.41. The summed E-state index contributed by atoms with van der Waals surface area (Å²) in [5.41, 5.74) is 3.36. The van der Waals surface area contributed by atoms with Gasteiger partial charge in [-0.05, 0) is 32.1 Å². The van der Waals surface area contributed by atoms with Gasteiger partial charge >= 0.3 is 0 Å². The molecule has 3 nitrogen and oxygen atoms in total. The fourth-order valence-electron chi connectivity index (χ4n) is 2.95. The number of rotatable bonds is 3. The minimum atomic E-state index is 0.518. The normalized spacial score (nSPS) is 16.9. The summed E-state index contributed by atoms with van der Waals surface area (Å²) in [5, 5.41) is 0.722. The van der Waals surface area contributed by atoms with Gasteiger partial charge in [0.2, 0.25) is 0 Å². The summed E-state index contributed by atoms with van der Waals surface area (Å²) in [4.78, 5) is 10.7. The van der Waals surface area contributed by atoms with Gasteiger partial charge in [-0.2, -0.15) is 0 Å². The second-order valence-corrected chi connectivity index (χ2v) is 5.40. The molecule has 0 radical (unpaired) electrons. The first-order valence-corrected chi connectivity index (χ1v) is 7.26. The lowest BCUT2D eigenvalue weighted by Crippen LogP contribution is -2.18. The quantitative estimate of drug-likeness (QED) is 0.798. The number of halogens is 1. The van der Waals surface area contributed by atoms with Gasteiger partial charge in [-0.3, -0.25) is 0 Å². The third-order valence-electron chi connectivity index (χ3n) is 3.80. The molecule has 2 aliphatic heterocycles. The molecule has 0 fully saturated rings. The molecule has 0 atom stereocenters. The smallest absolute Gasteiger partial charge is 0.141 e. The van der Waals surface area contributed by atoms with Crippen LogP contribution in [0.25, 0.3) is 0 Å². The van der Waals surface area contributed by atoms with Crippen LogP contribution >= 0.6 is 11.6 Å².